The molecule has 0 aliphatic rings. The van der Waals surface area contributed by atoms with E-state index in [0.29, 0.717) is 25.7 Å². The number of unbranched alkanes of at least 4 members (excludes halogenated alkanes) is 57. The number of hydrogen-bond acceptors (Lipinski definition) is 15. The molecule has 0 fully saturated rings. The highest BCUT2D eigenvalue weighted by Gasteiger charge is 2.30. The largest absolute Gasteiger partial charge is 0.472 e. The van der Waals surface area contributed by atoms with E-state index in [9.17, 15) is 43.2 Å². The van der Waals surface area contributed by atoms with Crippen LogP contribution in [0.25, 0.3) is 0 Å². The Morgan fingerprint density at radius 1 is 0.260 bits per heavy atom. The van der Waals surface area contributed by atoms with E-state index in [2.05, 4.69) is 34.6 Å². The molecular formula is C85H166O17P2. The van der Waals surface area contributed by atoms with Crippen LogP contribution >= 0.6 is 15.6 Å². The maximum atomic E-state index is 13.1. The highest BCUT2D eigenvalue weighted by Crippen LogP contribution is 2.45. The van der Waals surface area contributed by atoms with E-state index in [1.807, 2.05) is 0 Å². The topological polar surface area (TPSA) is 237 Å². The van der Waals surface area contributed by atoms with E-state index in [4.69, 9.17) is 37.0 Å². The van der Waals surface area contributed by atoms with E-state index in [1.54, 1.807) is 0 Å². The zero-order valence-electron chi connectivity index (χ0n) is 68.2. The summed E-state index contributed by atoms with van der Waals surface area (Å²) in [5, 5.41) is 10.7. The summed E-state index contributed by atoms with van der Waals surface area (Å²) >= 11 is 0. The molecule has 104 heavy (non-hydrogen) atoms. The fourth-order valence-electron chi connectivity index (χ4n) is 13.3. The standard InChI is InChI=1S/C85H166O17P2/c1-6-9-12-15-18-21-24-27-29-31-32-33-34-35-36-38-41-44-50-55-60-65-70-84(89)101-80(74-96-83(88)69-64-59-54-49-43-40-37-30-28-25-22-19-16-13-10-7-2)76-99-103(91,92)97-72-79(86)73-98-104(93,94)100-77-81(102-85(90)71-66-61-56-51-46-45-47-52-57-62-67-78(4)5)75-95-82(87)68-63-58-53-48-42-39-26-23-20-17-14-11-8-3/h78-81,86H,6-77H2,1-5H3,(H,91,92)(H,93,94)/t79-,80-,81-/m1/s1. The molecule has 0 aliphatic heterocycles. The van der Waals surface area contributed by atoms with Crippen molar-refractivity contribution in [2.75, 3.05) is 39.6 Å². The smallest absolute Gasteiger partial charge is 0.462 e. The summed E-state index contributed by atoms with van der Waals surface area (Å²) in [5.41, 5.74) is 0. The number of carbonyl (C=O) groups excluding carboxylic acids is 4. The normalized spacial score (nSPS) is 13.8. The molecular weight excluding hydrogens is 1350 g/mol. The van der Waals surface area contributed by atoms with Gasteiger partial charge in [0.15, 0.2) is 12.2 Å². The summed E-state index contributed by atoms with van der Waals surface area (Å²) in [6.07, 6.45) is 70.8. The van der Waals surface area contributed by atoms with E-state index < -0.39 is 97.5 Å². The van der Waals surface area contributed by atoms with Gasteiger partial charge in [0.05, 0.1) is 26.4 Å². The molecule has 19 heteroatoms. The zero-order chi connectivity index (χ0) is 76.2. The van der Waals surface area contributed by atoms with Gasteiger partial charge in [0.25, 0.3) is 0 Å². The summed E-state index contributed by atoms with van der Waals surface area (Å²) < 4.78 is 68.9. The number of esters is 4. The third-order valence-corrected chi connectivity index (χ3v) is 21.9. The Morgan fingerprint density at radius 3 is 0.654 bits per heavy atom. The molecule has 0 amide bonds. The Kier molecular flexibility index (Phi) is 76.3. The minimum Gasteiger partial charge on any atom is -0.462 e. The highest BCUT2D eigenvalue weighted by atomic mass is 31.2. The van der Waals surface area contributed by atoms with E-state index in [-0.39, 0.29) is 25.7 Å². The Hall–Kier alpha value is -1.94. The number of aliphatic hydroxyl groups excluding tert-OH is 1. The van der Waals surface area contributed by atoms with Crippen LogP contribution in [0.1, 0.15) is 458 Å². The molecule has 5 atom stereocenters. The molecule has 0 rings (SSSR count). The monoisotopic (exact) mass is 1520 g/mol. The molecule has 0 saturated heterocycles. The van der Waals surface area contributed by atoms with E-state index >= 15 is 0 Å². The second-order valence-corrected chi connectivity index (χ2v) is 34.0. The Labute approximate surface area is 638 Å². The molecule has 17 nitrogen and oxygen atoms in total. The fourth-order valence-corrected chi connectivity index (χ4v) is 14.9. The van der Waals surface area contributed by atoms with E-state index in [0.717, 1.165) is 95.8 Å². The predicted molar refractivity (Wildman–Crippen MR) is 428 cm³/mol. The van der Waals surface area contributed by atoms with Gasteiger partial charge < -0.3 is 33.8 Å². The number of carbonyl (C=O) groups is 4. The molecule has 0 aromatic carbocycles. The molecule has 2 unspecified atom stereocenters. The number of rotatable bonds is 85. The summed E-state index contributed by atoms with van der Waals surface area (Å²) in [5.74, 6) is -1.35. The van der Waals surface area contributed by atoms with Gasteiger partial charge in [0, 0.05) is 25.7 Å². The van der Waals surface area contributed by atoms with Crippen LogP contribution in [0.3, 0.4) is 0 Å². The van der Waals surface area contributed by atoms with Crippen LogP contribution in [-0.2, 0) is 65.4 Å². The van der Waals surface area contributed by atoms with Crippen LogP contribution < -0.4 is 0 Å². The van der Waals surface area contributed by atoms with Gasteiger partial charge in [0.2, 0.25) is 0 Å². The number of aliphatic hydroxyl groups is 1. The molecule has 0 aromatic heterocycles. The van der Waals surface area contributed by atoms with Gasteiger partial charge >= 0.3 is 39.5 Å². The molecule has 0 spiro atoms. The molecule has 0 heterocycles. The van der Waals surface area contributed by atoms with Crippen LogP contribution in [0, 0.1) is 5.92 Å². The lowest BCUT2D eigenvalue weighted by molar-refractivity contribution is -0.161. The number of phosphoric ester groups is 2. The van der Waals surface area contributed by atoms with Gasteiger partial charge in [-0.2, -0.15) is 0 Å². The van der Waals surface area contributed by atoms with Crippen molar-refractivity contribution in [1.82, 2.24) is 0 Å². The van der Waals surface area contributed by atoms with Crippen LogP contribution in [-0.4, -0.2) is 96.7 Å². The third-order valence-electron chi connectivity index (χ3n) is 20.0. The van der Waals surface area contributed by atoms with Crippen molar-refractivity contribution in [1.29, 1.82) is 0 Å². The van der Waals surface area contributed by atoms with E-state index in [1.165, 1.54) is 283 Å². The summed E-state index contributed by atoms with van der Waals surface area (Å²) in [6, 6.07) is 0. The SMILES string of the molecule is CCCCCCCCCCCCCCCCCCCCCCCCC(=O)O[C@H](COC(=O)CCCCCCCCCCCCCCCCCC)COP(=O)(O)OC[C@@H](O)COP(=O)(O)OC[C@@H](COC(=O)CCCCCCCCCCCCCCC)OC(=O)CCCCCCCCCCCCC(C)C. The maximum absolute atomic E-state index is 13.1. The average molecular weight is 1520 g/mol. The molecule has 0 saturated carbocycles. The number of phosphoric acid groups is 2. The van der Waals surface area contributed by atoms with Crippen LogP contribution in [0.2, 0.25) is 0 Å². The van der Waals surface area contributed by atoms with Crippen molar-refractivity contribution in [3.8, 4) is 0 Å². The van der Waals surface area contributed by atoms with Crippen LogP contribution in [0.4, 0.5) is 0 Å². The zero-order valence-corrected chi connectivity index (χ0v) is 70.0. The van der Waals surface area contributed by atoms with Crippen LogP contribution in [0.5, 0.6) is 0 Å². The quantitative estimate of drug-likeness (QED) is 0.0222. The molecule has 0 radical (unpaired) electrons. The predicted octanol–water partition coefficient (Wildman–Crippen LogP) is 26.0. The molecule has 618 valence electrons. The third kappa shape index (κ3) is 78.2. The summed E-state index contributed by atoms with van der Waals surface area (Å²) in [7, 11) is -9.92. The van der Waals surface area contributed by atoms with Crippen molar-refractivity contribution in [3.05, 3.63) is 0 Å². The first-order valence-corrected chi connectivity index (χ1v) is 47.1. The lowest BCUT2D eigenvalue weighted by Gasteiger charge is -2.21. The minimum atomic E-state index is -4.96. The maximum Gasteiger partial charge on any atom is 0.472 e. The first kappa shape index (κ1) is 102. The highest BCUT2D eigenvalue weighted by molar-refractivity contribution is 7.47. The first-order valence-electron chi connectivity index (χ1n) is 44.1. The van der Waals surface area contributed by atoms with Gasteiger partial charge in [-0.3, -0.25) is 37.3 Å². The van der Waals surface area contributed by atoms with Crippen molar-refractivity contribution in [2.24, 2.45) is 5.92 Å². The van der Waals surface area contributed by atoms with Crippen LogP contribution in [0.15, 0.2) is 0 Å². The lowest BCUT2D eigenvalue weighted by atomic mass is 10.0. The Morgan fingerprint density at radius 2 is 0.442 bits per heavy atom. The summed E-state index contributed by atoms with van der Waals surface area (Å²) in [4.78, 5) is 73.2. The van der Waals surface area contributed by atoms with Crippen molar-refractivity contribution in [3.63, 3.8) is 0 Å². The fraction of sp³-hybridized carbons (Fsp3) is 0.953. The minimum absolute atomic E-state index is 0.107. The molecule has 3 N–H and O–H groups in total. The number of hydrogen-bond donors (Lipinski definition) is 3. The first-order chi connectivity index (χ1) is 50.5. The van der Waals surface area contributed by atoms with Gasteiger partial charge in [-0.05, 0) is 31.6 Å². The number of ether oxygens (including phenoxy) is 4. The second-order valence-electron chi connectivity index (χ2n) is 31.1. The van der Waals surface area contributed by atoms with Gasteiger partial charge in [-0.25, -0.2) is 9.13 Å². The van der Waals surface area contributed by atoms with Gasteiger partial charge in [-0.15, -0.1) is 0 Å². The van der Waals surface area contributed by atoms with Crippen molar-refractivity contribution >= 4 is 39.5 Å². The van der Waals surface area contributed by atoms with Crippen molar-refractivity contribution in [2.45, 2.75) is 477 Å². The second kappa shape index (κ2) is 77.8. The molecule has 0 aromatic rings. The van der Waals surface area contributed by atoms with Gasteiger partial charge in [0.1, 0.15) is 19.3 Å². The Bertz CT molecular complexity index is 1980. The molecule has 0 aliphatic carbocycles. The summed E-state index contributed by atoms with van der Waals surface area (Å²) in [6.45, 7) is 7.35. The van der Waals surface area contributed by atoms with Crippen molar-refractivity contribution < 1.29 is 80.2 Å². The molecule has 0 bridgehead atoms. The Balaban J connectivity index is 5.23. The lowest BCUT2D eigenvalue weighted by Crippen LogP contribution is -2.30. The van der Waals surface area contributed by atoms with Gasteiger partial charge in [-0.1, -0.05) is 407 Å². The average Bonchev–Trinajstić information content (AvgIpc) is 0.902.